The van der Waals surface area contributed by atoms with E-state index in [1.807, 2.05) is 0 Å². The third-order valence-electron chi connectivity index (χ3n) is 1.24. The summed E-state index contributed by atoms with van der Waals surface area (Å²) in [6.07, 6.45) is 0.171. The summed E-state index contributed by atoms with van der Waals surface area (Å²) in [5.74, 6) is 0.493. The number of carbonyl (C=O) groups is 1. The zero-order valence-corrected chi connectivity index (χ0v) is 4.89. The molecule has 0 amide bonds. The van der Waals surface area contributed by atoms with E-state index in [0.29, 0.717) is 0 Å². The topological polar surface area (TPSA) is 26.3 Å². The lowest BCUT2D eigenvalue weighted by Gasteiger charge is -1.97. The molecule has 0 unspecified atom stereocenters. The summed E-state index contributed by atoms with van der Waals surface area (Å²) in [5.41, 5.74) is 0. The van der Waals surface area contributed by atoms with E-state index in [1.54, 1.807) is 0 Å². The largest absolute Gasteiger partial charge is 0.500 e. The number of ether oxygens (including phenoxy) is 1. The van der Waals surface area contributed by atoms with Crippen LogP contribution in [0.4, 0.5) is 9.18 Å². The first-order chi connectivity index (χ1) is 4.20. The molecule has 0 spiro atoms. The maximum atomic E-state index is 11.4. The molecule has 1 fully saturated rings. The van der Waals surface area contributed by atoms with Gasteiger partial charge in [0.1, 0.15) is 5.76 Å². The van der Waals surface area contributed by atoms with Gasteiger partial charge in [0.2, 0.25) is 0 Å². The molecule has 9 heavy (non-hydrogen) atoms. The molecule has 3 heteroatoms. The number of carbonyl (C=O) groups excluding carboxylic acids is 1. The number of hydrogen-bond donors (Lipinski definition) is 0. The minimum Gasteiger partial charge on any atom is -0.406 e. The monoisotopic (exact) mass is 130 g/mol. The van der Waals surface area contributed by atoms with E-state index in [0.717, 1.165) is 12.8 Å². The van der Waals surface area contributed by atoms with Crippen LogP contribution in [-0.2, 0) is 4.74 Å². The van der Waals surface area contributed by atoms with Crippen molar-refractivity contribution in [3.63, 3.8) is 0 Å². The van der Waals surface area contributed by atoms with Gasteiger partial charge in [0.25, 0.3) is 0 Å². The Hall–Kier alpha value is -0.860. The van der Waals surface area contributed by atoms with E-state index < -0.39 is 6.22 Å². The summed E-state index contributed by atoms with van der Waals surface area (Å²) in [7, 11) is 0. The molecule has 1 saturated carbocycles. The van der Waals surface area contributed by atoms with Crippen molar-refractivity contribution < 1.29 is 13.9 Å². The maximum absolute atomic E-state index is 11.4. The van der Waals surface area contributed by atoms with Crippen LogP contribution in [0.3, 0.4) is 0 Å². The van der Waals surface area contributed by atoms with Crippen LogP contribution >= 0.6 is 0 Å². The molecule has 0 aromatic heterocycles. The predicted molar refractivity (Wildman–Crippen MR) is 29.5 cm³/mol. The van der Waals surface area contributed by atoms with Crippen LogP contribution < -0.4 is 0 Å². The fourth-order valence-corrected chi connectivity index (χ4v) is 0.592. The molecule has 1 aliphatic carbocycles. The maximum Gasteiger partial charge on any atom is 0.500 e. The second-order valence-corrected chi connectivity index (χ2v) is 2.08. The van der Waals surface area contributed by atoms with Gasteiger partial charge in [0, 0.05) is 5.92 Å². The first kappa shape index (κ1) is 6.26. The van der Waals surface area contributed by atoms with E-state index in [1.165, 1.54) is 0 Å². The Bertz CT molecular complexity index is 149. The Kier molecular flexibility index (Phi) is 1.51. The highest BCUT2D eigenvalue weighted by Gasteiger charge is 2.27. The van der Waals surface area contributed by atoms with Crippen molar-refractivity contribution in [1.82, 2.24) is 0 Å². The summed E-state index contributed by atoms with van der Waals surface area (Å²) < 4.78 is 15.5. The molecule has 2 nitrogen and oxygen atoms in total. The number of hydrogen-bond acceptors (Lipinski definition) is 2. The lowest BCUT2D eigenvalue weighted by molar-refractivity contribution is 0.145. The van der Waals surface area contributed by atoms with Gasteiger partial charge in [-0.25, -0.2) is 4.79 Å². The van der Waals surface area contributed by atoms with Crippen LogP contribution in [0.1, 0.15) is 12.8 Å². The Morgan fingerprint density at radius 2 is 2.22 bits per heavy atom. The van der Waals surface area contributed by atoms with E-state index in [9.17, 15) is 9.18 Å². The molecule has 0 bridgehead atoms. The second kappa shape index (κ2) is 2.17. The first-order valence-corrected chi connectivity index (χ1v) is 2.76. The fraction of sp³-hybridized carbons (Fsp3) is 0.500. The Morgan fingerprint density at radius 1 is 1.67 bits per heavy atom. The van der Waals surface area contributed by atoms with Crippen molar-refractivity contribution in [2.24, 2.45) is 5.92 Å². The van der Waals surface area contributed by atoms with Gasteiger partial charge in [-0.2, -0.15) is 0 Å². The molecule has 0 aromatic rings. The van der Waals surface area contributed by atoms with Gasteiger partial charge in [-0.3, -0.25) is 0 Å². The second-order valence-electron chi connectivity index (χ2n) is 2.08. The zero-order chi connectivity index (χ0) is 6.85. The van der Waals surface area contributed by atoms with Crippen LogP contribution in [0.15, 0.2) is 12.3 Å². The summed E-state index contributed by atoms with van der Waals surface area (Å²) in [4.78, 5) is 9.64. The molecular formula is C6H7FO2. The number of halogens is 1. The molecule has 1 aliphatic rings. The molecule has 0 N–H and O–H groups in total. The summed E-state index contributed by atoms with van der Waals surface area (Å²) >= 11 is 0. The van der Waals surface area contributed by atoms with Crippen molar-refractivity contribution >= 4 is 6.22 Å². The van der Waals surface area contributed by atoms with Gasteiger partial charge in [-0.05, 0) is 12.8 Å². The van der Waals surface area contributed by atoms with Gasteiger partial charge in [0.05, 0.1) is 0 Å². The highest BCUT2D eigenvalue weighted by Crippen LogP contribution is 2.35. The Labute approximate surface area is 52.3 Å². The molecule has 0 aliphatic heterocycles. The van der Waals surface area contributed by atoms with Gasteiger partial charge in [0.15, 0.2) is 0 Å². The molecular weight excluding hydrogens is 123 g/mol. The molecule has 0 heterocycles. The van der Waals surface area contributed by atoms with E-state index in [4.69, 9.17) is 0 Å². The average Bonchev–Trinajstić information content (AvgIpc) is 2.40. The van der Waals surface area contributed by atoms with Crippen molar-refractivity contribution in [2.75, 3.05) is 0 Å². The Morgan fingerprint density at radius 3 is 2.56 bits per heavy atom. The van der Waals surface area contributed by atoms with Gasteiger partial charge >= 0.3 is 6.22 Å². The quantitative estimate of drug-likeness (QED) is 0.422. The van der Waals surface area contributed by atoms with Crippen molar-refractivity contribution in [3.05, 3.63) is 12.3 Å². The Balaban J connectivity index is 2.26. The lowest BCUT2D eigenvalue weighted by Crippen LogP contribution is -1.94. The highest BCUT2D eigenvalue weighted by atomic mass is 19.1. The van der Waals surface area contributed by atoms with Crippen LogP contribution in [-0.4, -0.2) is 6.22 Å². The predicted octanol–water partition coefficient (Wildman–Crippen LogP) is 2.02. The van der Waals surface area contributed by atoms with Crippen molar-refractivity contribution in [2.45, 2.75) is 12.8 Å². The molecule has 0 radical (unpaired) electrons. The standard InChI is InChI=1S/C6H7FO2/c1-4(5-2-3-5)9-6(7)8/h5H,1-3H2. The third-order valence-corrected chi connectivity index (χ3v) is 1.24. The molecule has 0 aromatic carbocycles. The fourth-order valence-electron chi connectivity index (χ4n) is 0.592. The van der Waals surface area contributed by atoms with Gasteiger partial charge < -0.3 is 4.74 Å². The first-order valence-electron chi connectivity index (χ1n) is 2.76. The summed E-state index contributed by atoms with van der Waals surface area (Å²) in [6.45, 7) is 3.37. The van der Waals surface area contributed by atoms with Crippen LogP contribution in [0.2, 0.25) is 0 Å². The van der Waals surface area contributed by atoms with Crippen molar-refractivity contribution in [3.8, 4) is 0 Å². The van der Waals surface area contributed by atoms with Crippen LogP contribution in [0, 0.1) is 5.92 Å². The molecule has 0 saturated heterocycles. The zero-order valence-electron chi connectivity index (χ0n) is 4.89. The third kappa shape index (κ3) is 1.83. The van der Waals surface area contributed by atoms with E-state index in [2.05, 4.69) is 11.3 Å². The molecule has 1 rings (SSSR count). The minimum absolute atomic E-state index is 0.227. The van der Waals surface area contributed by atoms with Crippen molar-refractivity contribution in [1.29, 1.82) is 0 Å². The molecule has 50 valence electrons. The lowest BCUT2D eigenvalue weighted by atomic mass is 10.4. The normalized spacial score (nSPS) is 17.0. The average molecular weight is 130 g/mol. The van der Waals surface area contributed by atoms with Gasteiger partial charge in [-0.1, -0.05) is 6.58 Å². The number of rotatable bonds is 2. The smallest absolute Gasteiger partial charge is 0.406 e. The highest BCUT2D eigenvalue weighted by molar-refractivity contribution is 5.59. The van der Waals surface area contributed by atoms with Gasteiger partial charge in [-0.15, -0.1) is 4.39 Å². The summed E-state index contributed by atoms with van der Waals surface area (Å²) in [5, 5.41) is 0. The van der Waals surface area contributed by atoms with E-state index in [-0.39, 0.29) is 11.7 Å². The number of allylic oxidation sites excluding steroid dienone is 1. The van der Waals surface area contributed by atoms with E-state index >= 15 is 0 Å². The van der Waals surface area contributed by atoms with Crippen LogP contribution in [0.25, 0.3) is 0 Å². The summed E-state index contributed by atoms with van der Waals surface area (Å²) in [6, 6.07) is 0. The van der Waals surface area contributed by atoms with Crippen LogP contribution in [0.5, 0.6) is 0 Å². The SMILES string of the molecule is C=C(OC(=O)F)C1CC1. The molecule has 0 atom stereocenters. The minimum atomic E-state index is -1.76.